The quantitative estimate of drug-likeness (QED) is 0.740. The van der Waals surface area contributed by atoms with Gasteiger partial charge in [-0.2, -0.15) is 0 Å². The summed E-state index contributed by atoms with van der Waals surface area (Å²) >= 11 is 5.53. The van der Waals surface area contributed by atoms with E-state index in [1.54, 1.807) is 0 Å². The Morgan fingerprint density at radius 2 is 2.07 bits per heavy atom. The first-order chi connectivity index (χ1) is 7.02. The second kappa shape index (κ2) is 3.31. The predicted molar refractivity (Wildman–Crippen MR) is 54.2 cm³/mol. The normalized spacial score (nSPS) is 10.9. The van der Waals surface area contributed by atoms with E-state index in [4.69, 9.17) is 11.6 Å². The molecule has 1 aromatic heterocycles. The summed E-state index contributed by atoms with van der Waals surface area (Å²) in [6.45, 7) is 1.39. The van der Waals surface area contributed by atoms with Crippen LogP contribution in [-0.2, 0) is 0 Å². The van der Waals surface area contributed by atoms with Crippen LogP contribution in [0.15, 0.2) is 17.1 Å². The lowest BCUT2D eigenvalue weighted by Gasteiger charge is -2.03. The molecule has 78 valence electrons. The summed E-state index contributed by atoms with van der Waals surface area (Å²) in [6, 6.07) is 1.03. The van der Waals surface area contributed by atoms with Crippen molar-refractivity contribution in [1.29, 1.82) is 0 Å². The lowest BCUT2D eigenvalue weighted by molar-refractivity contribution is 0.607. The maximum atomic E-state index is 13.6. The van der Waals surface area contributed by atoms with Crippen molar-refractivity contribution >= 4 is 22.5 Å². The summed E-state index contributed by atoms with van der Waals surface area (Å²) in [5.41, 5.74) is -0.786. The smallest absolute Gasteiger partial charge is 0.211 e. The summed E-state index contributed by atoms with van der Waals surface area (Å²) in [7, 11) is 0. The molecular weight excluding hydrogens is 224 g/mol. The number of aromatic amines is 1. The van der Waals surface area contributed by atoms with Gasteiger partial charge in [-0.15, -0.1) is 0 Å². The van der Waals surface area contributed by atoms with Gasteiger partial charge in [-0.05, 0) is 18.6 Å². The monoisotopic (exact) mass is 229 g/mol. The van der Waals surface area contributed by atoms with Gasteiger partial charge in [0.2, 0.25) is 5.43 Å². The van der Waals surface area contributed by atoms with E-state index in [9.17, 15) is 13.6 Å². The Bertz CT molecular complexity index is 606. The number of aromatic nitrogens is 1. The van der Waals surface area contributed by atoms with Gasteiger partial charge in [0.1, 0.15) is 16.7 Å². The van der Waals surface area contributed by atoms with Crippen molar-refractivity contribution in [3.05, 3.63) is 44.7 Å². The summed E-state index contributed by atoms with van der Waals surface area (Å²) in [5.74, 6) is -1.41. The molecule has 0 aliphatic rings. The fourth-order valence-corrected chi connectivity index (χ4v) is 1.58. The van der Waals surface area contributed by atoms with Crippen LogP contribution in [0.5, 0.6) is 0 Å². The van der Waals surface area contributed by atoms with Gasteiger partial charge in [-0.1, -0.05) is 11.6 Å². The average molecular weight is 230 g/mol. The van der Waals surface area contributed by atoms with Crippen LogP contribution < -0.4 is 5.43 Å². The fraction of sp³-hybridized carbons (Fsp3) is 0.100. The number of halogens is 3. The first kappa shape index (κ1) is 10.1. The molecule has 0 aliphatic carbocycles. The van der Waals surface area contributed by atoms with Crippen molar-refractivity contribution in [2.24, 2.45) is 0 Å². The van der Waals surface area contributed by atoms with Crippen molar-refractivity contribution in [2.75, 3.05) is 0 Å². The standard InChI is InChI=1S/C10H6ClF2NO/c1-4-2-6(12)9-7(8(4)13)10(15)5(11)3-14-9/h2-3H,1H3,(H,14,15). The number of pyridine rings is 1. The number of H-pyrrole nitrogens is 1. The van der Waals surface area contributed by atoms with E-state index >= 15 is 0 Å². The SMILES string of the molecule is Cc1cc(F)c2[nH]cc(Cl)c(=O)c2c1F. The molecule has 0 atom stereocenters. The third-order valence-corrected chi connectivity index (χ3v) is 2.47. The van der Waals surface area contributed by atoms with Gasteiger partial charge in [0.25, 0.3) is 0 Å². The van der Waals surface area contributed by atoms with Gasteiger partial charge in [-0.25, -0.2) is 8.78 Å². The van der Waals surface area contributed by atoms with Gasteiger partial charge in [-0.3, -0.25) is 4.79 Å². The van der Waals surface area contributed by atoms with Crippen LogP contribution >= 0.6 is 11.6 Å². The van der Waals surface area contributed by atoms with Crippen LogP contribution in [0.3, 0.4) is 0 Å². The molecule has 2 nitrogen and oxygen atoms in total. The molecule has 0 bridgehead atoms. The summed E-state index contributed by atoms with van der Waals surface area (Å²) in [4.78, 5) is 13.9. The van der Waals surface area contributed by atoms with Gasteiger partial charge in [0.05, 0.1) is 10.9 Å². The van der Waals surface area contributed by atoms with Crippen molar-refractivity contribution < 1.29 is 8.78 Å². The number of benzene rings is 1. The van der Waals surface area contributed by atoms with Gasteiger partial charge >= 0.3 is 0 Å². The van der Waals surface area contributed by atoms with E-state index in [0.29, 0.717) is 0 Å². The molecular formula is C10H6ClF2NO. The maximum Gasteiger partial charge on any atom is 0.211 e. The van der Waals surface area contributed by atoms with Crippen molar-refractivity contribution in [3.8, 4) is 0 Å². The molecule has 5 heteroatoms. The number of hydrogen-bond donors (Lipinski definition) is 1. The zero-order valence-corrected chi connectivity index (χ0v) is 8.45. The van der Waals surface area contributed by atoms with Gasteiger partial charge in [0.15, 0.2) is 0 Å². The highest BCUT2D eigenvalue weighted by Gasteiger charge is 2.14. The molecule has 0 saturated carbocycles. The van der Waals surface area contributed by atoms with E-state index in [1.165, 1.54) is 6.92 Å². The lowest BCUT2D eigenvalue weighted by Crippen LogP contribution is -2.07. The third kappa shape index (κ3) is 1.41. The maximum absolute atomic E-state index is 13.6. The minimum atomic E-state index is -0.741. The van der Waals surface area contributed by atoms with Crippen LogP contribution in [-0.4, -0.2) is 4.98 Å². The molecule has 1 heterocycles. The van der Waals surface area contributed by atoms with E-state index < -0.39 is 17.1 Å². The molecule has 1 N–H and O–H groups in total. The first-order valence-electron chi connectivity index (χ1n) is 4.18. The zero-order chi connectivity index (χ0) is 11.2. The van der Waals surface area contributed by atoms with E-state index in [2.05, 4.69) is 4.98 Å². The fourth-order valence-electron chi connectivity index (χ4n) is 1.43. The Morgan fingerprint density at radius 1 is 1.40 bits per heavy atom. The van der Waals surface area contributed by atoms with Crippen molar-refractivity contribution in [3.63, 3.8) is 0 Å². The highest BCUT2D eigenvalue weighted by atomic mass is 35.5. The number of rotatable bonds is 0. The molecule has 15 heavy (non-hydrogen) atoms. The van der Waals surface area contributed by atoms with Crippen molar-refractivity contribution in [1.82, 2.24) is 4.98 Å². The van der Waals surface area contributed by atoms with Gasteiger partial charge < -0.3 is 4.98 Å². The average Bonchev–Trinajstić information content (AvgIpc) is 2.19. The van der Waals surface area contributed by atoms with Crippen LogP contribution in [0, 0.1) is 18.6 Å². The largest absolute Gasteiger partial charge is 0.357 e. The van der Waals surface area contributed by atoms with Crippen LogP contribution in [0.25, 0.3) is 10.9 Å². The molecule has 0 radical (unpaired) electrons. The highest BCUT2D eigenvalue weighted by Crippen LogP contribution is 2.20. The number of aryl methyl sites for hydroxylation is 1. The van der Waals surface area contributed by atoms with Crippen LogP contribution in [0.1, 0.15) is 5.56 Å². The first-order valence-corrected chi connectivity index (χ1v) is 4.55. The lowest BCUT2D eigenvalue weighted by atomic mass is 10.1. The molecule has 0 unspecified atom stereocenters. The van der Waals surface area contributed by atoms with Crippen LogP contribution in [0.2, 0.25) is 5.02 Å². The van der Waals surface area contributed by atoms with Crippen molar-refractivity contribution in [2.45, 2.75) is 6.92 Å². The Morgan fingerprint density at radius 3 is 2.73 bits per heavy atom. The molecule has 0 spiro atoms. The Kier molecular flexibility index (Phi) is 2.23. The Balaban J connectivity index is 3.12. The summed E-state index contributed by atoms with van der Waals surface area (Å²) in [5, 5.41) is -0.494. The number of fused-ring (bicyclic) bond motifs is 1. The summed E-state index contributed by atoms with van der Waals surface area (Å²) in [6.07, 6.45) is 1.14. The van der Waals surface area contributed by atoms with E-state index in [1.807, 2.05) is 0 Å². The molecule has 1 aromatic carbocycles. The number of hydrogen-bond acceptors (Lipinski definition) is 1. The Labute approximate surface area is 88.5 Å². The van der Waals surface area contributed by atoms with E-state index in [-0.39, 0.29) is 21.5 Å². The zero-order valence-electron chi connectivity index (χ0n) is 7.70. The second-order valence-corrected chi connectivity index (χ2v) is 3.61. The molecule has 0 saturated heterocycles. The second-order valence-electron chi connectivity index (χ2n) is 3.21. The molecule has 2 rings (SSSR count). The molecule has 2 aromatic rings. The highest BCUT2D eigenvalue weighted by molar-refractivity contribution is 6.31. The molecule has 0 amide bonds. The van der Waals surface area contributed by atoms with Gasteiger partial charge in [0, 0.05) is 6.20 Å². The molecule has 0 aliphatic heterocycles. The topological polar surface area (TPSA) is 32.9 Å². The Hall–Kier alpha value is -1.42. The minimum absolute atomic E-state index is 0.0766. The van der Waals surface area contributed by atoms with Crippen LogP contribution in [0.4, 0.5) is 8.78 Å². The number of nitrogens with one attached hydrogen (secondary N) is 1. The van der Waals surface area contributed by atoms with E-state index in [0.717, 1.165) is 12.3 Å². The predicted octanol–water partition coefficient (Wildman–Crippen LogP) is 2.77. The molecule has 0 fully saturated rings. The third-order valence-electron chi connectivity index (χ3n) is 2.18. The summed E-state index contributed by atoms with van der Waals surface area (Å²) < 4.78 is 26.9. The minimum Gasteiger partial charge on any atom is -0.357 e.